The van der Waals surface area contributed by atoms with Crippen molar-refractivity contribution in [1.29, 1.82) is 0 Å². The molecule has 0 bridgehead atoms. The predicted molar refractivity (Wildman–Crippen MR) is 114 cm³/mol. The molecule has 3 saturated carbocycles. The summed E-state index contributed by atoms with van der Waals surface area (Å²) in [7, 11) is 1.76. The van der Waals surface area contributed by atoms with E-state index in [1.165, 1.54) is 17.6 Å². The molecule has 1 aromatic heterocycles. The molecule has 5 rings (SSSR count). The fraction of sp³-hybridized carbons (Fsp3) is 0.680. The van der Waals surface area contributed by atoms with Gasteiger partial charge in [-0.15, -0.1) is 6.42 Å². The van der Waals surface area contributed by atoms with Crippen molar-refractivity contribution < 1.29 is 14.1 Å². The van der Waals surface area contributed by atoms with Crippen LogP contribution in [0.15, 0.2) is 16.3 Å². The Kier molecular flexibility index (Phi) is 4.45. The normalized spacial score (nSPS) is 41.5. The molecule has 160 valence electrons. The Labute approximate surface area is 179 Å². The molecule has 1 heterocycles. The van der Waals surface area contributed by atoms with E-state index in [4.69, 9.17) is 15.7 Å². The second-order valence-electron chi connectivity index (χ2n) is 10.4. The predicted octanol–water partition coefficient (Wildman–Crippen LogP) is 3.99. The monoisotopic (exact) mass is 408 g/mol. The van der Waals surface area contributed by atoms with E-state index in [1.807, 2.05) is 6.20 Å². The van der Waals surface area contributed by atoms with Crippen LogP contribution in [0.5, 0.6) is 0 Å². The fourth-order valence-electron chi connectivity index (χ4n) is 7.69. The minimum absolute atomic E-state index is 0.152. The average molecular weight is 409 g/mol. The summed E-state index contributed by atoms with van der Waals surface area (Å²) < 4.78 is 11.5. The summed E-state index contributed by atoms with van der Waals surface area (Å²) in [5.41, 5.74) is 1.99. The molecular weight excluding hydrogens is 376 g/mol. The lowest BCUT2D eigenvalue weighted by Gasteiger charge is -2.58. The van der Waals surface area contributed by atoms with Crippen LogP contribution < -0.4 is 5.32 Å². The summed E-state index contributed by atoms with van der Waals surface area (Å²) >= 11 is 0. The van der Waals surface area contributed by atoms with Crippen molar-refractivity contribution in [3.8, 4) is 12.3 Å². The number of fused-ring (bicyclic) bond motifs is 6. The van der Waals surface area contributed by atoms with E-state index in [0.717, 1.165) is 44.3 Å². The first-order chi connectivity index (χ1) is 14.4. The van der Waals surface area contributed by atoms with Crippen LogP contribution in [0, 0.1) is 40.9 Å². The maximum atomic E-state index is 12.4. The van der Waals surface area contributed by atoms with Gasteiger partial charge in [0.05, 0.1) is 12.7 Å². The number of ether oxygens (including phenoxy) is 1. The Hall–Kier alpha value is -2.06. The zero-order valence-electron chi connectivity index (χ0n) is 18.3. The highest BCUT2D eigenvalue weighted by molar-refractivity contribution is 5.72. The smallest absolute Gasteiger partial charge is 0.321 e. The molecular formula is C25H32N2O3. The molecule has 6 atom stereocenters. The Morgan fingerprint density at radius 3 is 2.90 bits per heavy atom. The number of aromatic nitrogens is 1. The SMILES string of the molecule is C#C[C@]1(OC(=O)CNC)CC[C@H]2[C@@H]3CCC4=Cc5oncc5C[C@]4(C)[C@H]3CC[C@@]21C. The largest absolute Gasteiger partial charge is 0.444 e. The first-order valence-electron chi connectivity index (χ1n) is 11.4. The van der Waals surface area contributed by atoms with Gasteiger partial charge in [-0.3, -0.25) is 4.79 Å². The molecule has 0 amide bonds. The van der Waals surface area contributed by atoms with E-state index in [0.29, 0.717) is 17.8 Å². The average Bonchev–Trinajstić information content (AvgIpc) is 3.27. The van der Waals surface area contributed by atoms with Crippen LogP contribution in [0.2, 0.25) is 0 Å². The zero-order chi connectivity index (χ0) is 21.1. The van der Waals surface area contributed by atoms with Crippen LogP contribution in [0.3, 0.4) is 0 Å². The first-order valence-corrected chi connectivity index (χ1v) is 11.4. The van der Waals surface area contributed by atoms with Crippen LogP contribution in [0.4, 0.5) is 0 Å². The molecule has 0 aliphatic heterocycles. The van der Waals surface area contributed by atoms with Gasteiger partial charge in [-0.1, -0.05) is 30.5 Å². The first kappa shape index (κ1) is 19.9. The van der Waals surface area contributed by atoms with Crippen molar-refractivity contribution in [3.63, 3.8) is 0 Å². The van der Waals surface area contributed by atoms with Crippen molar-refractivity contribution in [1.82, 2.24) is 10.5 Å². The fourth-order valence-corrected chi connectivity index (χ4v) is 7.69. The number of carbonyl (C=O) groups is 1. The van der Waals surface area contributed by atoms with Crippen LogP contribution in [0.25, 0.3) is 6.08 Å². The van der Waals surface area contributed by atoms with E-state index >= 15 is 0 Å². The molecule has 5 nitrogen and oxygen atoms in total. The molecule has 0 saturated heterocycles. The van der Waals surface area contributed by atoms with Crippen LogP contribution in [-0.2, 0) is 16.0 Å². The van der Waals surface area contributed by atoms with Crippen molar-refractivity contribution in [2.75, 3.05) is 13.6 Å². The summed E-state index contributed by atoms with van der Waals surface area (Å²) in [4.78, 5) is 12.4. The molecule has 1 aromatic rings. The molecule has 0 spiro atoms. The van der Waals surface area contributed by atoms with Crippen molar-refractivity contribution >= 4 is 12.0 Å². The van der Waals surface area contributed by atoms with E-state index in [9.17, 15) is 4.79 Å². The summed E-state index contributed by atoms with van der Waals surface area (Å²) in [6, 6.07) is 0. The number of carbonyl (C=O) groups excluding carboxylic acids is 1. The highest BCUT2D eigenvalue weighted by Gasteiger charge is 2.65. The van der Waals surface area contributed by atoms with Gasteiger partial charge in [0.1, 0.15) is 0 Å². The Bertz CT molecular complexity index is 942. The molecule has 3 fully saturated rings. The lowest BCUT2D eigenvalue weighted by atomic mass is 9.46. The molecule has 0 aromatic carbocycles. The lowest BCUT2D eigenvalue weighted by molar-refractivity contribution is -0.170. The van der Waals surface area contributed by atoms with Gasteiger partial charge >= 0.3 is 5.97 Å². The number of nitrogens with one attached hydrogen (secondary N) is 1. The minimum atomic E-state index is -0.776. The zero-order valence-corrected chi connectivity index (χ0v) is 18.3. The van der Waals surface area contributed by atoms with Gasteiger partial charge in [0.15, 0.2) is 11.4 Å². The number of hydrogen-bond acceptors (Lipinski definition) is 5. The van der Waals surface area contributed by atoms with Crippen LogP contribution in [-0.4, -0.2) is 30.3 Å². The number of terminal acetylenes is 1. The quantitative estimate of drug-likeness (QED) is 0.605. The van der Waals surface area contributed by atoms with Crippen molar-refractivity contribution in [3.05, 3.63) is 23.1 Å². The standard InChI is InChI=1S/C25H32N2O3/c1-5-25(29-22(28)15-26-4)11-9-20-18-7-6-17-12-21-16(14-27-30-21)13-23(17,2)19(18)8-10-24(20,25)3/h1,12,14,18-20,26H,6-11,13,15H2,2-4H3/t18-,19+,20+,23+,24+,25+/m1/s1. The number of nitrogens with zero attached hydrogens (tertiary/aromatic N) is 1. The Morgan fingerprint density at radius 1 is 1.33 bits per heavy atom. The Balaban J connectivity index is 1.46. The van der Waals surface area contributed by atoms with Crippen LogP contribution >= 0.6 is 0 Å². The Morgan fingerprint density at radius 2 is 2.13 bits per heavy atom. The molecule has 30 heavy (non-hydrogen) atoms. The number of allylic oxidation sites excluding steroid dienone is 1. The molecule has 5 heteroatoms. The van der Waals surface area contributed by atoms with Gasteiger partial charge in [-0.2, -0.15) is 0 Å². The highest BCUT2D eigenvalue weighted by Crippen LogP contribution is 2.68. The molecule has 1 N–H and O–H groups in total. The topological polar surface area (TPSA) is 64.4 Å². The van der Waals surface area contributed by atoms with E-state index in [2.05, 4.69) is 36.3 Å². The van der Waals surface area contributed by atoms with Gasteiger partial charge in [-0.05, 0) is 81.2 Å². The van der Waals surface area contributed by atoms with Crippen LogP contribution in [0.1, 0.15) is 63.7 Å². The molecule has 4 aliphatic carbocycles. The third kappa shape index (κ3) is 2.52. The van der Waals surface area contributed by atoms with Gasteiger partial charge in [0.25, 0.3) is 0 Å². The summed E-state index contributed by atoms with van der Waals surface area (Å²) in [6.07, 6.45) is 17.5. The van der Waals surface area contributed by atoms with Crippen molar-refractivity contribution in [2.24, 2.45) is 28.6 Å². The second-order valence-corrected chi connectivity index (χ2v) is 10.4. The summed E-state index contributed by atoms with van der Waals surface area (Å²) in [5, 5.41) is 6.93. The van der Waals surface area contributed by atoms with Gasteiger partial charge in [0.2, 0.25) is 0 Å². The second kappa shape index (κ2) is 6.72. The summed E-state index contributed by atoms with van der Waals surface area (Å²) in [5.74, 6) is 5.42. The van der Waals surface area contributed by atoms with E-state index < -0.39 is 5.60 Å². The number of esters is 1. The van der Waals surface area contributed by atoms with Gasteiger partial charge in [0, 0.05) is 11.0 Å². The maximum Gasteiger partial charge on any atom is 0.321 e. The molecule has 4 aliphatic rings. The van der Waals surface area contributed by atoms with E-state index in [-0.39, 0.29) is 23.3 Å². The maximum absolute atomic E-state index is 12.4. The lowest BCUT2D eigenvalue weighted by Crippen LogP contribution is -2.56. The minimum Gasteiger partial charge on any atom is -0.444 e. The van der Waals surface area contributed by atoms with Crippen molar-refractivity contribution in [2.45, 2.75) is 64.4 Å². The molecule has 0 radical (unpaired) electrons. The number of likely N-dealkylation sites (N-methyl/N-ethyl adjacent to an activating group) is 1. The van der Waals surface area contributed by atoms with Gasteiger partial charge in [-0.25, -0.2) is 0 Å². The van der Waals surface area contributed by atoms with E-state index in [1.54, 1.807) is 7.05 Å². The van der Waals surface area contributed by atoms with Gasteiger partial charge < -0.3 is 14.6 Å². The third-order valence-corrected chi connectivity index (χ3v) is 9.24. The number of hydrogen-bond donors (Lipinski definition) is 1. The summed E-state index contributed by atoms with van der Waals surface area (Å²) in [6.45, 7) is 4.94. The highest BCUT2D eigenvalue weighted by atomic mass is 16.6. The third-order valence-electron chi connectivity index (χ3n) is 9.24. The molecule has 0 unspecified atom stereocenters. The number of rotatable bonds is 3.